The first-order valence-electron chi connectivity index (χ1n) is 11.5. The Hall–Kier alpha value is -2.86. The van der Waals surface area contributed by atoms with Crippen molar-refractivity contribution in [3.05, 3.63) is 71.8 Å². The maximum atomic E-state index is 12.9. The molecule has 1 unspecified atom stereocenters. The maximum Gasteiger partial charge on any atom is 0.410 e. The zero-order valence-electron chi connectivity index (χ0n) is 19.3. The SMILES string of the molecule is CC(C)(C)[C@H](C1=NC(c2ccccc2)CN1Cc1ccccc1)N1C[C@@H](CCN)OC1=O. The third-order valence-corrected chi connectivity index (χ3v) is 6.17. The fraction of sp³-hybridized carbons (Fsp3) is 0.462. The van der Waals surface area contributed by atoms with Gasteiger partial charge < -0.3 is 15.4 Å². The van der Waals surface area contributed by atoms with Crippen molar-refractivity contribution in [2.75, 3.05) is 19.6 Å². The highest BCUT2D eigenvalue weighted by atomic mass is 16.6. The minimum Gasteiger partial charge on any atom is -0.444 e. The maximum absolute atomic E-state index is 12.9. The number of hydrogen-bond donors (Lipinski definition) is 1. The summed E-state index contributed by atoms with van der Waals surface area (Å²) in [4.78, 5) is 22.3. The second-order valence-corrected chi connectivity index (χ2v) is 9.78. The van der Waals surface area contributed by atoms with Crippen molar-refractivity contribution in [1.82, 2.24) is 9.80 Å². The van der Waals surface area contributed by atoms with Crippen LogP contribution in [0.25, 0.3) is 0 Å². The lowest BCUT2D eigenvalue weighted by Gasteiger charge is -2.39. The van der Waals surface area contributed by atoms with Gasteiger partial charge in [0, 0.05) is 13.1 Å². The van der Waals surface area contributed by atoms with Crippen LogP contribution in [0, 0.1) is 5.41 Å². The van der Waals surface area contributed by atoms with E-state index in [-0.39, 0.29) is 29.7 Å². The molecule has 0 aliphatic carbocycles. The minimum absolute atomic E-state index is 0.0400. The zero-order chi connectivity index (χ0) is 22.7. The summed E-state index contributed by atoms with van der Waals surface area (Å²) in [6.45, 7) is 9.09. The molecule has 0 bridgehead atoms. The molecule has 0 aromatic heterocycles. The molecule has 170 valence electrons. The average Bonchev–Trinajstić information content (AvgIpc) is 3.33. The Morgan fingerprint density at radius 3 is 2.34 bits per heavy atom. The number of hydrogen-bond acceptors (Lipinski definition) is 5. The third kappa shape index (κ3) is 4.80. The number of benzene rings is 2. The van der Waals surface area contributed by atoms with Gasteiger partial charge in [-0.15, -0.1) is 0 Å². The van der Waals surface area contributed by atoms with Gasteiger partial charge in [-0.05, 0) is 29.5 Å². The van der Waals surface area contributed by atoms with Gasteiger partial charge in [0.15, 0.2) is 0 Å². The summed E-state index contributed by atoms with van der Waals surface area (Å²) in [5.41, 5.74) is 7.94. The number of aliphatic imine (C=N–C) groups is 1. The second kappa shape index (κ2) is 9.33. The molecule has 1 amide bonds. The average molecular weight is 435 g/mol. The van der Waals surface area contributed by atoms with E-state index in [9.17, 15) is 4.79 Å². The Labute approximate surface area is 191 Å². The van der Waals surface area contributed by atoms with Crippen molar-refractivity contribution in [2.24, 2.45) is 16.1 Å². The molecule has 2 aliphatic rings. The quantitative estimate of drug-likeness (QED) is 0.708. The van der Waals surface area contributed by atoms with Crippen LogP contribution in [0.4, 0.5) is 4.79 Å². The summed E-state index contributed by atoms with van der Waals surface area (Å²) in [5, 5.41) is 0. The van der Waals surface area contributed by atoms with Gasteiger partial charge in [0.2, 0.25) is 0 Å². The van der Waals surface area contributed by atoms with E-state index < -0.39 is 0 Å². The Balaban J connectivity index is 1.70. The van der Waals surface area contributed by atoms with Crippen LogP contribution >= 0.6 is 0 Å². The van der Waals surface area contributed by atoms with Gasteiger partial charge in [-0.2, -0.15) is 0 Å². The van der Waals surface area contributed by atoms with Crippen molar-refractivity contribution in [2.45, 2.75) is 51.9 Å². The molecule has 2 aliphatic heterocycles. The molecule has 4 rings (SSSR count). The van der Waals surface area contributed by atoms with Crippen LogP contribution in [0.1, 0.15) is 44.4 Å². The van der Waals surface area contributed by atoms with Crippen LogP contribution < -0.4 is 5.73 Å². The van der Waals surface area contributed by atoms with E-state index in [1.807, 2.05) is 17.0 Å². The van der Waals surface area contributed by atoms with E-state index in [1.54, 1.807) is 0 Å². The highest BCUT2D eigenvalue weighted by molar-refractivity contribution is 5.93. The van der Waals surface area contributed by atoms with Gasteiger partial charge in [-0.25, -0.2) is 4.79 Å². The number of ether oxygens (including phenoxy) is 1. The number of nitrogens with two attached hydrogens (primary N) is 1. The molecule has 1 saturated heterocycles. The first-order valence-corrected chi connectivity index (χ1v) is 11.5. The predicted molar refractivity (Wildman–Crippen MR) is 127 cm³/mol. The number of nitrogens with zero attached hydrogens (tertiary/aromatic N) is 3. The highest BCUT2D eigenvalue weighted by Crippen LogP contribution is 2.36. The lowest BCUT2D eigenvalue weighted by atomic mass is 9.84. The third-order valence-electron chi connectivity index (χ3n) is 6.17. The van der Waals surface area contributed by atoms with Gasteiger partial charge >= 0.3 is 6.09 Å². The van der Waals surface area contributed by atoms with Crippen LogP contribution in [-0.4, -0.2) is 53.5 Å². The first-order chi connectivity index (χ1) is 15.4. The number of rotatable bonds is 7. The number of amides is 1. The molecule has 0 spiro atoms. The molecule has 1 fully saturated rings. The van der Waals surface area contributed by atoms with Crippen molar-refractivity contribution in [3.8, 4) is 0 Å². The fourth-order valence-electron chi connectivity index (χ4n) is 4.72. The van der Waals surface area contributed by atoms with Crippen LogP contribution in [0.15, 0.2) is 65.7 Å². The van der Waals surface area contributed by atoms with Gasteiger partial charge in [-0.3, -0.25) is 9.89 Å². The smallest absolute Gasteiger partial charge is 0.410 e. The Morgan fingerprint density at radius 2 is 1.72 bits per heavy atom. The summed E-state index contributed by atoms with van der Waals surface area (Å²) in [7, 11) is 0. The Morgan fingerprint density at radius 1 is 1.06 bits per heavy atom. The van der Waals surface area contributed by atoms with Crippen LogP contribution in [0.3, 0.4) is 0 Å². The zero-order valence-corrected chi connectivity index (χ0v) is 19.3. The molecule has 3 atom stereocenters. The topological polar surface area (TPSA) is 71.2 Å². The molecule has 6 nitrogen and oxygen atoms in total. The van der Waals surface area contributed by atoms with Crippen LogP contribution in [0.2, 0.25) is 0 Å². The molecule has 2 N–H and O–H groups in total. The summed E-state index contributed by atoms with van der Waals surface area (Å²) in [5.74, 6) is 0.959. The number of carbonyl (C=O) groups is 1. The lowest BCUT2D eigenvalue weighted by molar-refractivity contribution is 0.119. The van der Waals surface area contributed by atoms with E-state index in [4.69, 9.17) is 15.5 Å². The van der Waals surface area contributed by atoms with Crippen LogP contribution in [-0.2, 0) is 11.3 Å². The molecule has 32 heavy (non-hydrogen) atoms. The van der Waals surface area contributed by atoms with Gasteiger partial charge in [0.1, 0.15) is 11.9 Å². The van der Waals surface area contributed by atoms with Crippen molar-refractivity contribution >= 4 is 11.9 Å². The molecule has 2 aromatic carbocycles. The lowest BCUT2D eigenvalue weighted by Crippen LogP contribution is -2.54. The van der Waals surface area contributed by atoms with Crippen molar-refractivity contribution in [1.29, 1.82) is 0 Å². The molecular weight excluding hydrogens is 400 g/mol. The summed E-state index contributed by atoms with van der Waals surface area (Å²) in [6, 6.07) is 20.7. The molecule has 6 heteroatoms. The number of cyclic esters (lactones) is 1. The summed E-state index contributed by atoms with van der Waals surface area (Å²) >= 11 is 0. The van der Waals surface area contributed by atoms with E-state index >= 15 is 0 Å². The molecular formula is C26H34N4O2. The van der Waals surface area contributed by atoms with Crippen LogP contribution in [0.5, 0.6) is 0 Å². The van der Waals surface area contributed by atoms with Gasteiger partial charge in [0.25, 0.3) is 0 Å². The van der Waals surface area contributed by atoms with Gasteiger partial charge in [0.05, 0.1) is 18.6 Å². The molecule has 0 radical (unpaired) electrons. The van der Waals surface area contributed by atoms with Gasteiger partial charge in [-0.1, -0.05) is 81.4 Å². The highest BCUT2D eigenvalue weighted by Gasteiger charge is 2.46. The molecule has 2 heterocycles. The van der Waals surface area contributed by atoms with E-state index in [0.29, 0.717) is 19.5 Å². The standard InChI is InChI=1S/C26H34N4O2/c1-26(2,3)23(30-17-21(14-15-27)32-25(30)31)24-28-22(20-12-8-5-9-13-20)18-29(24)16-19-10-6-4-7-11-19/h4-13,21-23H,14-18,27H2,1-3H3/t21-,22?,23+/m1/s1. The fourth-order valence-corrected chi connectivity index (χ4v) is 4.72. The van der Waals surface area contributed by atoms with Crippen molar-refractivity contribution in [3.63, 3.8) is 0 Å². The minimum atomic E-state index is -0.270. The number of amidine groups is 1. The second-order valence-electron chi connectivity index (χ2n) is 9.78. The predicted octanol–water partition coefficient (Wildman–Crippen LogP) is 4.23. The largest absolute Gasteiger partial charge is 0.444 e. The van der Waals surface area contributed by atoms with E-state index in [0.717, 1.165) is 18.9 Å². The Kier molecular flexibility index (Phi) is 6.51. The van der Waals surface area contributed by atoms with E-state index in [1.165, 1.54) is 11.1 Å². The number of carbonyl (C=O) groups excluding carboxylic acids is 1. The monoisotopic (exact) mass is 434 g/mol. The van der Waals surface area contributed by atoms with E-state index in [2.05, 4.69) is 74.2 Å². The normalized spacial score (nSPS) is 22.1. The first kappa shape index (κ1) is 22.3. The molecule has 2 aromatic rings. The summed E-state index contributed by atoms with van der Waals surface area (Å²) in [6.07, 6.45) is 0.243. The van der Waals surface area contributed by atoms with Crippen molar-refractivity contribution < 1.29 is 9.53 Å². The Bertz CT molecular complexity index is 939. The summed E-state index contributed by atoms with van der Waals surface area (Å²) < 4.78 is 5.65. The molecule has 0 saturated carbocycles.